The highest BCUT2D eigenvalue weighted by Crippen LogP contribution is 2.17. The lowest BCUT2D eigenvalue weighted by atomic mass is 10.2. The summed E-state index contributed by atoms with van der Waals surface area (Å²) in [6, 6.07) is 0. The van der Waals surface area contributed by atoms with E-state index in [1.165, 1.54) is 5.57 Å². The average molecular weight is 113 g/mol. The largest absolute Gasteiger partial charge is 0.374 e. The molecule has 1 fully saturated rings. The summed E-state index contributed by atoms with van der Waals surface area (Å²) < 4.78 is 5.08. The van der Waals surface area contributed by atoms with Gasteiger partial charge < -0.3 is 4.74 Å². The van der Waals surface area contributed by atoms with Gasteiger partial charge in [0.05, 0.1) is 13.2 Å². The van der Waals surface area contributed by atoms with Gasteiger partial charge in [0.2, 0.25) is 0 Å². The molecule has 0 radical (unpaired) electrons. The van der Waals surface area contributed by atoms with Crippen LogP contribution in [0.25, 0.3) is 0 Å². The van der Waals surface area contributed by atoms with Gasteiger partial charge in [-0.05, 0) is 0 Å². The standard InChI is InChI=1S/C5H7NO2/c1-4-2-7-3-5(4)8-6-1/h1,5-6H,2-3H2. The van der Waals surface area contributed by atoms with Gasteiger partial charge in [-0.15, -0.1) is 0 Å². The van der Waals surface area contributed by atoms with Crippen molar-refractivity contribution in [3.05, 3.63) is 11.8 Å². The molecule has 1 saturated heterocycles. The highest BCUT2D eigenvalue weighted by atomic mass is 16.7. The Kier molecular flexibility index (Phi) is 0.797. The van der Waals surface area contributed by atoms with Gasteiger partial charge in [0.1, 0.15) is 6.10 Å². The van der Waals surface area contributed by atoms with E-state index in [0.717, 1.165) is 6.61 Å². The lowest BCUT2D eigenvalue weighted by Gasteiger charge is -1.98. The molecule has 44 valence electrons. The van der Waals surface area contributed by atoms with Crippen LogP contribution in [0.5, 0.6) is 0 Å². The van der Waals surface area contributed by atoms with Crippen molar-refractivity contribution in [1.29, 1.82) is 0 Å². The van der Waals surface area contributed by atoms with Crippen molar-refractivity contribution < 1.29 is 9.57 Å². The molecule has 2 aliphatic rings. The van der Waals surface area contributed by atoms with Crippen LogP contribution in [0.15, 0.2) is 11.8 Å². The highest BCUT2D eigenvalue weighted by Gasteiger charge is 2.26. The molecule has 1 unspecified atom stereocenters. The Balaban J connectivity index is 2.20. The van der Waals surface area contributed by atoms with E-state index in [9.17, 15) is 0 Å². The van der Waals surface area contributed by atoms with Crippen LogP contribution in [-0.2, 0) is 9.57 Å². The van der Waals surface area contributed by atoms with Crippen molar-refractivity contribution in [1.82, 2.24) is 5.48 Å². The van der Waals surface area contributed by atoms with Gasteiger partial charge in [-0.25, -0.2) is 0 Å². The Morgan fingerprint density at radius 2 is 2.75 bits per heavy atom. The molecule has 0 aliphatic carbocycles. The Labute approximate surface area is 47.2 Å². The van der Waals surface area contributed by atoms with Gasteiger partial charge in [-0.1, -0.05) is 0 Å². The molecule has 0 bridgehead atoms. The minimum Gasteiger partial charge on any atom is -0.374 e. The maximum Gasteiger partial charge on any atom is 0.134 e. The normalized spacial score (nSPS) is 34.0. The summed E-state index contributed by atoms with van der Waals surface area (Å²) in [5.74, 6) is 0. The first-order valence-corrected chi connectivity index (χ1v) is 2.65. The summed E-state index contributed by atoms with van der Waals surface area (Å²) in [5.41, 5.74) is 3.91. The summed E-state index contributed by atoms with van der Waals surface area (Å²) >= 11 is 0. The van der Waals surface area contributed by atoms with Crippen molar-refractivity contribution in [3.8, 4) is 0 Å². The highest BCUT2D eigenvalue weighted by molar-refractivity contribution is 5.13. The molecule has 2 rings (SSSR count). The second-order valence-electron chi connectivity index (χ2n) is 1.96. The lowest BCUT2D eigenvalue weighted by Crippen LogP contribution is -2.13. The number of fused-ring (bicyclic) bond motifs is 1. The first-order valence-electron chi connectivity index (χ1n) is 2.65. The van der Waals surface area contributed by atoms with E-state index in [0.29, 0.717) is 6.61 Å². The maximum absolute atomic E-state index is 5.08. The molecule has 0 saturated carbocycles. The van der Waals surface area contributed by atoms with Gasteiger partial charge in [0, 0.05) is 11.8 Å². The van der Waals surface area contributed by atoms with Gasteiger partial charge in [0.25, 0.3) is 0 Å². The fourth-order valence-electron chi connectivity index (χ4n) is 0.920. The van der Waals surface area contributed by atoms with Gasteiger partial charge in [-0.2, -0.15) is 0 Å². The van der Waals surface area contributed by atoms with E-state index in [1.807, 2.05) is 6.20 Å². The Hall–Kier alpha value is -0.540. The van der Waals surface area contributed by atoms with E-state index in [4.69, 9.17) is 9.57 Å². The van der Waals surface area contributed by atoms with Crippen molar-refractivity contribution in [2.24, 2.45) is 0 Å². The van der Waals surface area contributed by atoms with Crippen molar-refractivity contribution in [3.63, 3.8) is 0 Å². The molecule has 8 heavy (non-hydrogen) atoms. The zero-order chi connectivity index (χ0) is 5.40. The van der Waals surface area contributed by atoms with Crippen molar-refractivity contribution >= 4 is 0 Å². The van der Waals surface area contributed by atoms with Crippen LogP contribution in [0.2, 0.25) is 0 Å². The second kappa shape index (κ2) is 1.47. The molecule has 0 aromatic heterocycles. The summed E-state index contributed by atoms with van der Waals surface area (Å²) in [6.07, 6.45) is 2.06. The molecule has 3 heteroatoms. The Morgan fingerprint density at radius 1 is 1.75 bits per heavy atom. The summed E-state index contributed by atoms with van der Waals surface area (Å²) in [7, 11) is 0. The minimum atomic E-state index is 0.204. The van der Waals surface area contributed by atoms with Gasteiger partial charge in [-0.3, -0.25) is 10.3 Å². The number of rotatable bonds is 0. The van der Waals surface area contributed by atoms with E-state index in [-0.39, 0.29) is 6.10 Å². The van der Waals surface area contributed by atoms with E-state index in [1.54, 1.807) is 0 Å². The molecule has 3 nitrogen and oxygen atoms in total. The summed E-state index contributed by atoms with van der Waals surface area (Å²) in [6.45, 7) is 1.44. The molecule has 0 aromatic carbocycles. The van der Waals surface area contributed by atoms with E-state index < -0.39 is 0 Å². The molecular weight excluding hydrogens is 106 g/mol. The average Bonchev–Trinajstić information content (AvgIpc) is 2.15. The molecule has 0 aromatic rings. The predicted molar refractivity (Wildman–Crippen MR) is 26.9 cm³/mol. The number of ether oxygens (including phenoxy) is 1. The Bertz CT molecular complexity index is 132. The fourth-order valence-corrected chi connectivity index (χ4v) is 0.920. The zero-order valence-electron chi connectivity index (χ0n) is 4.39. The summed E-state index contributed by atoms with van der Waals surface area (Å²) in [4.78, 5) is 5.01. The molecule has 1 N–H and O–H groups in total. The van der Waals surface area contributed by atoms with Crippen molar-refractivity contribution in [2.45, 2.75) is 6.10 Å². The van der Waals surface area contributed by atoms with Gasteiger partial charge in [0.15, 0.2) is 0 Å². The first-order chi connectivity index (χ1) is 3.97. The predicted octanol–water partition coefficient (Wildman–Crippen LogP) is -0.196. The SMILES string of the molecule is C1=C2COCC2ON1. The van der Waals surface area contributed by atoms with E-state index in [2.05, 4.69) is 5.48 Å². The monoisotopic (exact) mass is 113 g/mol. The third-order valence-electron chi connectivity index (χ3n) is 1.41. The topological polar surface area (TPSA) is 30.5 Å². The van der Waals surface area contributed by atoms with E-state index >= 15 is 0 Å². The zero-order valence-corrected chi connectivity index (χ0v) is 4.39. The molecule has 2 aliphatic heterocycles. The number of hydroxylamine groups is 1. The summed E-state index contributed by atoms with van der Waals surface area (Å²) in [5, 5.41) is 0. The maximum atomic E-state index is 5.08. The van der Waals surface area contributed by atoms with Crippen LogP contribution in [0.1, 0.15) is 0 Å². The third kappa shape index (κ3) is 0.454. The molecule has 0 spiro atoms. The molecule has 2 heterocycles. The van der Waals surface area contributed by atoms with Crippen LogP contribution in [0.3, 0.4) is 0 Å². The minimum absolute atomic E-state index is 0.204. The lowest BCUT2D eigenvalue weighted by molar-refractivity contribution is 0.0196. The van der Waals surface area contributed by atoms with Gasteiger partial charge >= 0.3 is 0 Å². The molecule has 0 amide bonds. The van der Waals surface area contributed by atoms with Crippen LogP contribution >= 0.6 is 0 Å². The van der Waals surface area contributed by atoms with Crippen LogP contribution in [0, 0.1) is 0 Å². The third-order valence-corrected chi connectivity index (χ3v) is 1.41. The number of nitrogens with one attached hydrogen (secondary N) is 1. The number of hydrogen-bond donors (Lipinski definition) is 1. The Morgan fingerprint density at radius 3 is 3.62 bits per heavy atom. The quantitative estimate of drug-likeness (QED) is 0.472. The second-order valence-corrected chi connectivity index (χ2v) is 1.96. The number of hydrogen-bond acceptors (Lipinski definition) is 3. The molecule has 1 atom stereocenters. The smallest absolute Gasteiger partial charge is 0.134 e. The van der Waals surface area contributed by atoms with Crippen LogP contribution < -0.4 is 5.48 Å². The first kappa shape index (κ1) is 4.35. The van der Waals surface area contributed by atoms with Crippen LogP contribution in [-0.4, -0.2) is 19.3 Å². The van der Waals surface area contributed by atoms with Crippen molar-refractivity contribution in [2.75, 3.05) is 13.2 Å². The molecular formula is C5H7NO2. The van der Waals surface area contributed by atoms with Crippen LogP contribution in [0.4, 0.5) is 0 Å². The fraction of sp³-hybridized carbons (Fsp3) is 0.600.